The molecule has 0 aliphatic carbocycles. The number of halogens is 5. The van der Waals surface area contributed by atoms with Crippen molar-refractivity contribution < 1.29 is 60.8 Å². The van der Waals surface area contributed by atoms with Gasteiger partial charge in [0, 0.05) is 59.2 Å². The van der Waals surface area contributed by atoms with E-state index in [0.717, 1.165) is 42.0 Å². The fourth-order valence-electron chi connectivity index (χ4n) is 11.7. The fraction of sp³-hybridized carbons (Fsp3) is 0.411. The van der Waals surface area contributed by atoms with E-state index in [4.69, 9.17) is 46.3 Å². The Morgan fingerprint density at radius 1 is 1.04 bits per heavy atom. The van der Waals surface area contributed by atoms with Crippen LogP contribution in [0.2, 0.25) is 5.02 Å². The Labute approximate surface area is 465 Å². The number of aromatic nitrogens is 5. The number of likely N-dealkylation sites (N-methyl/N-ethyl adjacent to an activating group) is 1. The van der Waals surface area contributed by atoms with Crippen molar-refractivity contribution >= 4 is 69.0 Å². The van der Waals surface area contributed by atoms with E-state index in [-0.39, 0.29) is 96.3 Å². The first-order valence-electron chi connectivity index (χ1n) is 26.3. The average Bonchev–Trinajstić information content (AvgIpc) is 4.23. The number of carbonyl (C=O) groups is 4. The number of esters is 2. The lowest BCUT2D eigenvalue weighted by molar-refractivity contribution is -0.188. The second-order valence-corrected chi connectivity index (χ2v) is 21.1. The molecule has 4 atom stereocenters. The number of hydrogen-bond acceptors (Lipinski definition) is 17. The number of nitrogens with one attached hydrogen (secondary N) is 1. The monoisotopic (exact) mass is 1140 g/mol. The Balaban J connectivity index is 0.817. The van der Waals surface area contributed by atoms with E-state index in [1.807, 2.05) is 20.9 Å². The van der Waals surface area contributed by atoms with Crippen LogP contribution in [-0.2, 0) is 59.9 Å². The number of nitrogens with zero attached hydrogens (tertiary/aromatic N) is 8. The topological polar surface area (TPSA) is 247 Å². The molecule has 4 aliphatic rings. The molecule has 2 saturated heterocycles. The molecule has 426 valence electrons. The molecule has 0 unspecified atom stereocenters. The smallest absolute Gasteiger partial charge is 0.418 e. The van der Waals surface area contributed by atoms with Crippen LogP contribution in [0.25, 0.3) is 44.5 Å². The maximum atomic E-state index is 17.1. The van der Waals surface area contributed by atoms with Crippen LogP contribution < -0.4 is 26.2 Å². The van der Waals surface area contributed by atoms with E-state index in [2.05, 4.69) is 26.8 Å². The molecule has 2 amide bonds. The summed E-state index contributed by atoms with van der Waals surface area (Å²) in [7, 11) is 1.94. The van der Waals surface area contributed by atoms with Crippen LogP contribution in [-0.4, -0.2) is 128 Å². The molecule has 4 aromatic heterocycles. The summed E-state index contributed by atoms with van der Waals surface area (Å²) in [6.45, 7) is 11.6. The highest BCUT2D eigenvalue weighted by Gasteiger charge is 2.51. The standard InChI is InChI=1S/C56H57ClF4N10O10/c1-8-31-32-18-30(72)12-13-38(32)64-46-34(31)23-71-40(46)20-36-35(51(71)75)25-78-52(76)55(36,9-2)81-42(73)21-63-54(77)79-24-27(4)50(74)69-15-16-70(28(5)22-69)49-33-19-37(57)43(48-44(56(59,60)61)26(3)17-41(62)65-48)45(58)47(33)66-53(67-49)80-29(6)39-11-10-14-68(39)7/h12-13,17-20,28-29,39,72H,4,8-11,14-16,21-25H2,1-3,5-7H3,(H2,62,65)(H,63,77)/t28-,29-,39-,55-/m0/s1. The zero-order chi connectivity index (χ0) is 58.1. The number of nitrogens with two attached hydrogens (primary N) is 1. The lowest BCUT2D eigenvalue weighted by Gasteiger charge is -2.41. The lowest BCUT2D eigenvalue weighted by Crippen LogP contribution is -2.54. The molecule has 20 nitrogen and oxygen atoms in total. The van der Waals surface area contributed by atoms with Gasteiger partial charge in [-0.1, -0.05) is 32.0 Å². The molecule has 0 bridgehead atoms. The first-order valence-corrected chi connectivity index (χ1v) is 26.7. The van der Waals surface area contributed by atoms with E-state index < -0.39 is 99.8 Å². The predicted molar refractivity (Wildman–Crippen MR) is 289 cm³/mol. The number of phenols is 1. The first kappa shape index (κ1) is 56.2. The minimum atomic E-state index is -4.96. The van der Waals surface area contributed by atoms with Crippen molar-refractivity contribution in [3.8, 4) is 34.4 Å². The highest BCUT2D eigenvalue weighted by Crippen LogP contribution is 2.46. The largest absolute Gasteiger partial charge is 0.508 e. The summed E-state index contributed by atoms with van der Waals surface area (Å²) in [5, 5.41) is 12.9. The van der Waals surface area contributed by atoms with Gasteiger partial charge < -0.3 is 49.5 Å². The molecular weight excluding hydrogens is 1080 g/mol. The molecule has 25 heteroatoms. The number of piperazine rings is 1. The van der Waals surface area contributed by atoms with Crippen molar-refractivity contribution in [2.75, 3.05) is 57.0 Å². The Morgan fingerprint density at radius 3 is 2.49 bits per heavy atom. The van der Waals surface area contributed by atoms with E-state index in [0.29, 0.717) is 23.3 Å². The number of amides is 2. The van der Waals surface area contributed by atoms with Crippen molar-refractivity contribution in [1.29, 1.82) is 0 Å². The number of likely N-dealkylation sites (tertiary alicyclic amines) is 1. The van der Waals surface area contributed by atoms with Crippen molar-refractivity contribution in [2.45, 2.75) is 103 Å². The van der Waals surface area contributed by atoms with Gasteiger partial charge >= 0.3 is 30.2 Å². The van der Waals surface area contributed by atoms with Crippen LogP contribution in [0.1, 0.15) is 80.3 Å². The molecule has 2 aromatic carbocycles. The predicted octanol–water partition coefficient (Wildman–Crippen LogP) is 7.49. The van der Waals surface area contributed by atoms with Crippen LogP contribution in [0.5, 0.6) is 11.8 Å². The Kier molecular flexibility index (Phi) is 14.8. The number of cyclic esters (lactones) is 1. The second-order valence-electron chi connectivity index (χ2n) is 20.7. The quantitative estimate of drug-likeness (QED) is 0.0438. The molecule has 4 aliphatic heterocycles. The molecule has 10 rings (SSSR count). The van der Waals surface area contributed by atoms with E-state index in [9.17, 15) is 42.3 Å². The highest BCUT2D eigenvalue weighted by atomic mass is 35.5. The van der Waals surface area contributed by atoms with E-state index in [1.165, 1.54) is 28.5 Å². The molecule has 81 heavy (non-hydrogen) atoms. The number of pyridine rings is 3. The van der Waals surface area contributed by atoms with Crippen molar-refractivity contribution in [3.63, 3.8) is 0 Å². The zero-order valence-electron chi connectivity index (χ0n) is 45.1. The zero-order valence-corrected chi connectivity index (χ0v) is 45.8. The van der Waals surface area contributed by atoms with Gasteiger partial charge in [0.2, 0.25) is 5.60 Å². The molecule has 0 saturated carbocycles. The number of alkyl carbamates (subject to hydrolysis) is 1. The molecule has 4 N–H and O–H groups in total. The molecule has 8 heterocycles. The van der Waals surface area contributed by atoms with E-state index in [1.54, 1.807) is 36.9 Å². The minimum absolute atomic E-state index is 0.0362. The Bertz CT molecular complexity index is 3710. The van der Waals surface area contributed by atoms with Crippen molar-refractivity contribution in [1.82, 2.24) is 39.6 Å². The van der Waals surface area contributed by atoms with Crippen LogP contribution in [0, 0.1) is 12.7 Å². The summed E-state index contributed by atoms with van der Waals surface area (Å²) in [6.07, 6.45) is -4.42. The van der Waals surface area contributed by atoms with Gasteiger partial charge in [-0.25, -0.2) is 23.9 Å². The highest BCUT2D eigenvalue weighted by molar-refractivity contribution is 6.34. The summed E-state index contributed by atoms with van der Waals surface area (Å²) in [5.41, 5.74) is 3.26. The third kappa shape index (κ3) is 10.1. The SMILES string of the molecule is C=C(COC(=O)NCC(=O)O[C@]1(CC)C(=O)OCc2c1cc1n(c2=O)Cc2c-1nc1ccc(O)cc1c2CC)C(=O)N1CCN(c2nc(O[C@@H](C)[C@@H]3CCCN3C)nc3c(F)c(-c4nc(N)cc(C)c4C(F)(F)F)c(Cl)cc23)[C@@H](C)C1. The van der Waals surface area contributed by atoms with Gasteiger partial charge in [-0.2, -0.15) is 23.1 Å². The number of alkyl halides is 3. The maximum absolute atomic E-state index is 17.1. The van der Waals surface area contributed by atoms with Gasteiger partial charge in [0.1, 0.15) is 48.8 Å². The maximum Gasteiger partial charge on any atom is 0.418 e. The minimum Gasteiger partial charge on any atom is -0.508 e. The number of phenolic OH excluding ortho intramolecular Hbond substituents is 1. The molecule has 0 radical (unpaired) electrons. The first-order chi connectivity index (χ1) is 38.4. The van der Waals surface area contributed by atoms with Gasteiger partial charge in [-0.15, -0.1) is 0 Å². The second kappa shape index (κ2) is 21.4. The van der Waals surface area contributed by atoms with E-state index >= 15 is 4.39 Å². The summed E-state index contributed by atoms with van der Waals surface area (Å²) >= 11 is 6.70. The number of ether oxygens (including phenoxy) is 4. The Hall–Kier alpha value is -8.12. The number of rotatable bonds is 13. The number of carbonyl (C=O) groups excluding carboxylic acids is 4. The van der Waals surface area contributed by atoms with Gasteiger partial charge in [0.05, 0.1) is 50.9 Å². The summed E-state index contributed by atoms with van der Waals surface area (Å²) in [6, 6.07) is 7.90. The summed E-state index contributed by atoms with van der Waals surface area (Å²) in [4.78, 5) is 91.4. The Morgan fingerprint density at radius 2 is 1.80 bits per heavy atom. The lowest BCUT2D eigenvalue weighted by atomic mass is 9.85. The number of nitrogen functional groups attached to an aromatic ring is 1. The normalized spacial score (nSPS) is 19.2. The number of fused-ring (bicyclic) bond motifs is 6. The molecular formula is C56H57ClF4N10O10. The van der Waals surface area contributed by atoms with Crippen LogP contribution >= 0.6 is 11.6 Å². The van der Waals surface area contributed by atoms with Gasteiger partial charge in [-0.3, -0.25) is 19.3 Å². The number of hydrogen-bond donors (Lipinski definition) is 3. The summed E-state index contributed by atoms with van der Waals surface area (Å²) in [5.74, 6) is -3.86. The number of anilines is 2. The molecule has 2 fully saturated rings. The van der Waals surface area contributed by atoms with Gasteiger partial charge in [-0.05, 0) is 108 Å². The fourth-order valence-corrected chi connectivity index (χ4v) is 12.0. The van der Waals surface area contributed by atoms with Crippen LogP contribution in [0.15, 0.2) is 53.3 Å². The third-order valence-electron chi connectivity index (χ3n) is 15.7. The molecule has 0 spiro atoms. The number of benzene rings is 2. The molecule has 6 aromatic rings. The number of aromatic hydroxyl groups is 1. The van der Waals surface area contributed by atoms with Crippen LogP contribution in [0.3, 0.4) is 0 Å². The average molecular weight is 1140 g/mol. The van der Waals surface area contributed by atoms with Gasteiger partial charge in [0.15, 0.2) is 5.82 Å². The van der Waals surface area contributed by atoms with Crippen LogP contribution in [0.4, 0.5) is 34.0 Å². The number of aryl methyl sites for hydroxylation is 2. The van der Waals surface area contributed by atoms with Gasteiger partial charge in [0.25, 0.3) is 11.5 Å². The third-order valence-corrected chi connectivity index (χ3v) is 15.9. The summed E-state index contributed by atoms with van der Waals surface area (Å²) < 4.78 is 85.1. The van der Waals surface area contributed by atoms with Crippen molar-refractivity contribution in [2.24, 2.45) is 0 Å². The van der Waals surface area contributed by atoms with Crippen molar-refractivity contribution in [3.05, 3.63) is 103 Å².